The summed E-state index contributed by atoms with van der Waals surface area (Å²) in [5.74, 6) is -0.488. The number of benzene rings is 1. The first-order valence-electron chi connectivity index (χ1n) is 8.53. The molecule has 28 heavy (non-hydrogen) atoms. The van der Waals surface area contributed by atoms with Crippen LogP contribution in [-0.4, -0.2) is 27.6 Å². The number of nitrogens with zero attached hydrogens (tertiary/aromatic N) is 2. The standard InChI is InChI=1S/C20H19IN4O3/c1-20(2,3)28-19(27)25-24-18(26)14-10-17(12-4-6-13(21)7-5-12)23-16-8-9-22-11-15(14)16/h4-11H,1-3H3,(H,24,26)(H,25,27). The largest absolute Gasteiger partial charge is 0.443 e. The minimum absolute atomic E-state index is 0.350. The number of amides is 2. The van der Waals surface area contributed by atoms with E-state index in [9.17, 15) is 9.59 Å². The first kappa shape index (κ1) is 20.0. The Morgan fingerprint density at radius 3 is 2.46 bits per heavy atom. The van der Waals surface area contributed by atoms with Gasteiger partial charge in [0.1, 0.15) is 5.60 Å². The highest BCUT2D eigenvalue weighted by molar-refractivity contribution is 14.1. The van der Waals surface area contributed by atoms with Crippen molar-refractivity contribution in [2.45, 2.75) is 26.4 Å². The Morgan fingerprint density at radius 2 is 1.79 bits per heavy atom. The van der Waals surface area contributed by atoms with Gasteiger partial charge in [0, 0.05) is 26.9 Å². The molecule has 0 spiro atoms. The van der Waals surface area contributed by atoms with E-state index in [0.717, 1.165) is 9.13 Å². The first-order valence-corrected chi connectivity index (χ1v) is 9.61. The van der Waals surface area contributed by atoms with E-state index in [2.05, 4.69) is 43.4 Å². The second-order valence-corrected chi connectivity index (χ2v) is 8.28. The highest BCUT2D eigenvalue weighted by Gasteiger charge is 2.18. The SMILES string of the molecule is CC(C)(C)OC(=O)NNC(=O)c1cc(-c2ccc(I)cc2)nc2ccncc12. The van der Waals surface area contributed by atoms with Gasteiger partial charge < -0.3 is 4.74 Å². The maximum atomic E-state index is 12.7. The lowest BCUT2D eigenvalue weighted by Gasteiger charge is -2.19. The fourth-order valence-corrected chi connectivity index (χ4v) is 2.86. The van der Waals surface area contributed by atoms with Crippen LogP contribution in [0, 0.1) is 3.57 Å². The average Bonchev–Trinajstić information content (AvgIpc) is 2.64. The molecule has 0 aliphatic rings. The van der Waals surface area contributed by atoms with Gasteiger partial charge in [-0.3, -0.25) is 15.2 Å². The second kappa shape index (κ2) is 8.09. The number of hydrazine groups is 1. The molecule has 144 valence electrons. The number of hydrogen-bond acceptors (Lipinski definition) is 5. The van der Waals surface area contributed by atoms with Crippen LogP contribution in [0.2, 0.25) is 0 Å². The van der Waals surface area contributed by atoms with Crippen molar-refractivity contribution < 1.29 is 14.3 Å². The third kappa shape index (κ3) is 4.94. The van der Waals surface area contributed by atoms with Crippen molar-refractivity contribution in [3.05, 3.63) is 57.9 Å². The van der Waals surface area contributed by atoms with E-state index in [0.29, 0.717) is 22.2 Å². The van der Waals surface area contributed by atoms with E-state index in [4.69, 9.17) is 4.74 Å². The number of carbonyl (C=O) groups excluding carboxylic acids is 2. The maximum absolute atomic E-state index is 12.7. The highest BCUT2D eigenvalue weighted by atomic mass is 127. The summed E-state index contributed by atoms with van der Waals surface area (Å²) in [5.41, 5.74) is 6.50. The van der Waals surface area contributed by atoms with E-state index < -0.39 is 17.6 Å². The van der Waals surface area contributed by atoms with Crippen molar-refractivity contribution in [2.24, 2.45) is 0 Å². The molecule has 0 bridgehead atoms. The molecule has 0 atom stereocenters. The number of carbonyl (C=O) groups is 2. The topological polar surface area (TPSA) is 93.2 Å². The minimum Gasteiger partial charge on any atom is -0.443 e. The summed E-state index contributed by atoms with van der Waals surface area (Å²) in [7, 11) is 0. The lowest BCUT2D eigenvalue weighted by Crippen LogP contribution is -2.44. The monoisotopic (exact) mass is 490 g/mol. The summed E-state index contributed by atoms with van der Waals surface area (Å²) in [6.07, 6.45) is 2.45. The second-order valence-electron chi connectivity index (χ2n) is 7.04. The van der Waals surface area contributed by atoms with Crippen LogP contribution in [0.1, 0.15) is 31.1 Å². The number of aromatic nitrogens is 2. The number of rotatable bonds is 2. The third-order valence-corrected chi connectivity index (χ3v) is 4.39. The van der Waals surface area contributed by atoms with Gasteiger partial charge >= 0.3 is 6.09 Å². The molecule has 0 saturated carbocycles. The fraction of sp³-hybridized carbons (Fsp3) is 0.200. The van der Waals surface area contributed by atoms with E-state index in [1.54, 1.807) is 45.3 Å². The molecule has 0 fully saturated rings. The lowest BCUT2D eigenvalue weighted by molar-refractivity contribution is 0.0483. The fourth-order valence-electron chi connectivity index (χ4n) is 2.50. The molecule has 0 radical (unpaired) electrons. The van der Waals surface area contributed by atoms with Crippen molar-refractivity contribution in [1.82, 2.24) is 20.8 Å². The predicted molar refractivity (Wildman–Crippen MR) is 115 cm³/mol. The molecular formula is C20H19IN4O3. The molecule has 3 rings (SSSR count). The van der Waals surface area contributed by atoms with Gasteiger partial charge in [0.25, 0.3) is 5.91 Å². The predicted octanol–water partition coefficient (Wildman–Crippen LogP) is 4.07. The van der Waals surface area contributed by atoms with Crippen molar-refractivity contribution in [1.29, 1.82) is 0 Å². The van der Waals surface area contributed by atoms with Crippen molar-refractivity contribution in [3.63, 3.8) is 0 Å². The number of pyridine rings is 2. The molecule has 2 heterocycles. The van der Waals surface area contributed by atoms with E-state index in [-0.39, 0.29) is 0 Å². The average molecular weight is 490 g/mol. The molecule has 0 aliphatic carbocycles. The van der Waals surface area contributed by atoms with Crippen molar-refractivity contribution in [3.8, 4) is 11.3 Å². The number of hydrogen-bond donors (Lipinski definition) is 2. The van der Waals surface area contributed by atoms with Crippen LogP contribution in [0.5, 0.6) is 0 Å². The van der Waals surface area contributed by atoms with Crippen LogP contribution >= 0.6 is 22.6 Å². The van der Waals surface area contributed by atoms with Gasteiger partial charge in [-0.05, 0) is 67.6 Å². The summed E-state index contributed by atoms with van der Waals surface area (Å²) in [6, 6.07) is 11.2. The molecule has 2 aromatic heterocycles. The summed E-state index contributed by atoms with van der Waals surface area (Å²) in [4.78, 5) is 33.2. The Morgan fingerprint density at radius 1 is 1.07 bits per heavy atom. The molecule has 3 aromatic rings. The maximum Gasteiger partial charge on any atom is 0.426 e. The Labute approximate surface area is 176 Å². The minimum atomic E-state index is -0.741. The van der Waals surface area contributed by atoms with Crippen LogP contribution in [0.25, 0.3) is 22.2 Å². The molecule has 0 unspecified atom stereocenters. The first-order chi connectivity index (χ1) is 13.2. The van der Waals surface area contributed by atoms with Crippen LogP contribution in [0.4, 0.5) is 4.79 Å². The van der Waals surface area contributed by atoms with Crippen LogP contribution in [-0.2, 0) is 4.74 Å². The van der Waals surface area contributed by atoms with E-state index >= 15 is 0 Å². The smallest absolute Gasteiger partial charge is 0.426 e. The Hall–Kier alpha value is -2.75. The molecule has 2 amide bonds. The number of ether oxygens (including phenoxy) is 1. The summed E-state index contributed by atoms with van der Waals surface area (Å²) in [6.45, 7) is 5.22. The van der Waals surface area contributed by atoms with E-state index in [1.165, 1.54) is 0 Å². The van der Waals surface area contributed by atoms with Gasteiger partial charge in [-0.2, -0.15) is 0 Å². The number of nitrogens with one attached hydrogen (secondary N) is 2. The van der Waals surface area contributed by atoms with Gasteiger partial charge in [0.2, 0.25) is 0 Å². The molecule has 1 aromatic carbocycles. The van der Waals surface area contributed by atoms with Gasteiger partial charge in [-0.15, -0.1) is 0 Å². The summed E-state index contributed by atoms with van der Waals surface area (Å²) < 4.78 is 6.23. The van der Waals surface area contributed by atoms with Crippen LogP contribution in [0.3, 0.4) is 0 Å². The van der Waals surface area contributed by atoms with Crippen LogP contribution in [0.15, 0.2) is 48.8 Å². The quantitative estimate of drug-likeness (QED) is 0.418. The molecule has 0 saturated heterocycles. The molecule has 7 nitrogen and oxygen atoms in total. The summed E-state index contributed by atoms with van der Waals surface area (Å²) >= 11 is 2.23. The van der Waals surface area contributed by atoms with Crippen molar-refractivity contribution in [2.75, 3.05) is 0 Å². The van der Waals surface area contributed by atoms with Crippen molar-refractivity contribution >= 4 is 45.5 Å². The Kier molecular flexibility index (Phi) is 5.78. The zero-order valence-electron chi connectivity index (χ0n) is 15.6. The Bertz CT molecular complexity index is 1030. The molecule has 8 heteroatoms. The third-order valence-electron chi connectivity index (χ3n) is 3.67. The zero-order valence-corrected chi connectivity index (χ0v) is 17.8. The van der Waals surface area contributed by atoms with Gasteiger partial charge in [-0.25, -0.2) is 15.2 Å². The number of halogens is 1. The molecule has 2 N–H and O–H groups in total. The van der Waals surface area contributed by atoms with Gasteiger partial charge in [-0.1, -0.05) is 12.1 Å². The molecule has 0 aliphatic heterocycles. The van der Waals surface area contributed by atoms with Crippen LogP contribution < -0.4 is 10.9 Å². The van der Waals surface area contributed by atoms with Gasteiger partial charge in [0.05, 0.1) is 16.8 Å². The Balaban J connectivity index is 1.91. The van der Waals surface area contributed by atoms with E-state index in [1.807, 2.05) is 24.3 Å². The summed E-state index contributed by atoms with van der Waals surface area (Å²) in [5, 5.41) is 0.584. The van der Waals surface area contributed by atoms with Gasteiger partial charge in [0.15, 0.2) is 0 Å². The normalized spacial score (nSPS) is 11.1. The zero-order chi connectivity index (χ0) is 20.3. The lowest BCUT2D eigenvalue weighted by atomic mass is 10.1. The molecular weight excluding hydrogens is 471 g/mol. The number of fused-ring (bicyclic) bond motifs is 1. The highest BCUT2D eigenvalue weighted by Crippen LogP contribution is 2.25.